The molecule has 22 heavy (non-hydrogen) atoms. The van der Waals surface area contributed by atoms with E-state index in [9.17, 15) is 4.79 Å². The van der Waals surface area contributed by atoms with E-state index in [0.29, 0.717) is 13.0 Å². The highest BCUT2D eigenvalue weighted by molar-refractivity contribution is 5.85. The number of nitrogens with zero attached hydrogens (tertiary/aromatic N) is 1. The third kappa shape index (κ3) is 3.47. The van der Waals surface area contributed by atoms with E-state index < -0.39 is 0 Å². The van der Waals surface area contributed by atoms with Crippen molar-refractivity contribution in [1.29, 1.82) is 0 Å². The van der Waals surface area contributed by atoms with Crippen LogP contribution in [0.4, 0.5) is 0 Å². The van der Waals surface area contributed by atoms with Crippen LogP contribution in [0.3, 0.4) is 0 Å². The SMILES string of the molecule is COc1ccc2c(c1)CC(C(=O)N1CCC(N)CC1)CO2.Cl. The predicted octanol–water partition coefficient (Wildman–Crippen LogP) is 1.62. The molecule has 1 aromatic carbocycles. The van der Waals surface area contributed by atoms with E-state index in [1.165, 1.54) is 0 Å². The molecule has 2 N–H and O–H groups in total. The number of amides is 1. The molecule has 2 aliphatic rings. The molecule has 0 spiro atoms. The Morgan fingerprint density at radius 1 is 1.36 bits per heavy atom. The fourth-order valence-electron chi connectivity index (χ4n) is 3.03. The molecule has 2 heterocycles. The summed E-state index contributed by atoms with van der Waals surface area (Å²) in [7, 11) is 1.64. The topological polar surface area (TPSA) is 64.8 Å². The first-order chi connectivity index (χ1) is 10.2. The molecule has 1 fully saturated rings. The Morgan fingerprint density at radius 2 is 2.09 bits per heavy atom. The van der Waals surface area contributed by atoms with Crippen molar-refractivity contribution in [2.24, 2.45) is 11.7 Å². The summed E-state index contributed by atoms with van der Waals surface area (Å²) in [5, 5.41) is 0. The Bertz CT molecular complexity index is 530. The van der Waals surface area contributed by atoms with Crippen LogP contribution >= 0.6 is 12.4 Å². The number of nitrogens with two attached hydrogens (primary N) is 1. The van der Waals surface area contributed by atoms with Crippen LogP contribution in [-0.2, 0) is 11.2 Å². The number of benzene rings is 1. The van der Waals surface area contributed by atoms with E-state index in [4.69, 9.17) is 15.2 Å². The van der Waals surface area contributed by atoms with Crippen molar-refractivity contribution < 1.29 is 14.3 Å². The number of hydrogen-bond donors (Lipinski definition) is 1. The number of piperidine rings is 1. The van der Waals surface area contributed by atoms with Crippen LogP contribution in [0.5, 0.6) is 11.5 Å². The summed E-state index contributed by atoms with van der Waals surface area (Å²) in [6.07, 6.45) is 2.50. The van der Waals surface area contributed by atoms with Crippen LogP contribution in [-0.4, -0.2) is 43.7 Å². The van der Waals surface area contributed by atoms with Crippen molar-refractivity contribution in [1.82, 2.24) is 4.90 Å². The highest BCUT2D eigenvalue weighted by Gasteiger charge is 2.31. The van der Waals surface area contributed by atoms with Crippen molar-refractivity contribution in [3.63, 3.8) is 0 Å². The van der Waals surface area contributed by atoms with Crippen LogP contribution in [0.2, 0.25) is 0 Å². The molecule has 1 unspecified atom stereocenters. The fraction of sp³-hybridized carbons (Fsp3) is 0.562. The Hall–Kier alpha value is -1.46. The summed E-state index contributed by atoms with van der Waals surface area (Å²) >= 11 is 0. The molecule has 0 radical (unpaired) electrons. The maximum atomic E-state index is 12.6. The highest BCUT2D eigenvalue weighted by Crippen LogP contribution is 2.31. The van der Waals surface area contributed by atoms with Gasteiger partial charge in [-0.25, -0.2) is 0 Å². The molecule has 0 aliphatic carbocycles. The lowest BCUT2D eigenvalue weighted by Gasteiger charge is -2.34. The molecule has 0 saturated carbocycles. The number of rotatable bonds is 2. The fourth-order valence-corrected chi connectivity index (χ4v) is 3.03. The smallest absolute Gasteiger partial charge is 0.229 e. The Morgan fingerprint density at radius 3 is 2.77 bits per heavy atom. The van der Waals surface area contributed by atoms with Crippen molar-refractivity contribution >= 4 is 18.3 Å². The van der Waals surface area contributed by atoms with Crippen molar-refractivity contribution in [2.75, 3.05) is 26.8 Å². The van der Waals surface area contributed by atoms with Gasteiger partial charge >= 0.3 is 0 Å². The Kier molecular flexibility index (Phi) is 5.53. The number of halogens is 1. The molecule has 1 atom stereocenters. The first kappa shape index (κ1) is 16.9. The summed E-state index contributed by atoms with van der Waals surface area (Å²) in [5.74, 6) is 1.75. The number of carbonyl (C=O) groups excluding carboxylic acids is 1. The van der Waals surface area contributed by atoms with Gasteiger partial charge in [-0.2, -0.15) is 0 Å². The number of hydrogen-bond acceptors (Lipinski definition) is 4. The number of fused-ring (bicyclic) bond motifs is 1. The van der Waals surface area contributed by atoms with Gasteiger partial charge in [0.1, 0.15) is 18.1 Å². The van der Waals surface area contributed by atoms with Gasteiger partial charge in [0.25, 0.3) is 0 Å². The van der Waals surface area contributed by atoms with Gasteiger partial charge < -0.3 is 20.1 Å². The van der Waals surface area contributed by atoms with Gasteiger partial charge in [-0.05, 0) is 43.0 Å². The van der Waals surface area contributed by atoms with Gasteiger partial charge in [0, 0.05) is 19.1 Å². The van der Waals surface area contributed by atoms with E-state index in [1.807, 2.05) is 23.1 Å². The molecule has 122 valence electrons. The molecule has 1 aromatic rings. The van der Waals surface area contributed by atoms with Crippen LogP contribution in [0.15, 0.2) is 18.2 Å². The number of carbonyl (C=O) groups is 1. The lowest BCUT2D eigenvalue weighted by atomic mass is 9.94. The minimum atomic E-state index is -0.0982. The van der Waals surface area contributed by atoms with Gasteiger partial charge in [0.15, 0.2) is 0 Å². The van der Waals surface area contributed by atoms with Gasteiger partial charge in [-0.3, -0.25) is 4.79 Å². The zero-order valence-electron chi connectivity index (χ0n) is 12.8. The largest absolute Gasteiger partial charge is 0.497 e. The molecule has 2 aliphatic heterocycles. The summed E-state index contributed by atoms with van der Waals surface area (Å²) in [6, 6.07) is 5.99. The summed E-state index contributed by atoms with van der Waals surface area (Å²) in [5.41, 5.74) is 6.94. The third-order valence-electron chi connectivity index (χ3n) is 4.37. The van der Waals surface area contributed by atoms with Gasteiger partial charge in [-0.1, -0.05) is 0 Å². The Labute approximate surface area is 137 Å². The van der Waals surface area contributed by atoms with Crippen molar-refractivity contribution in [2.45, 2.75) is 25.3 Å². The third-order valence-corrected chi connectivity index (χ3v) is 4.37. The minimum absolute atomic E-state index is 0. The van der Waals surface area contributed by atoms with Crippen LogP contribution < -0.4 is 15.2 Å². The average molecular weight is 327 g/mol. The van der Waals surface area contributed by atoms with E-state index >= 15 is 0 Å². The molecule has 5 nitrogen and oxygen atoms in total. The van der Waals surface area contributed by atoms with Gasteiger partial charge in [0.2, 0.25) is 5.91 Å². The van der Waals surface area contributed by atoms with Crippen molar-refractivity contribution in [3.05, 3.63) is 23.8 Å². The predicted molar refractivity (Wildman–Crippen MR) is 86.7 cm³/mol. The van der Waals surface area contributed by atoms with E-state index in [0.717, 1.165) is 43.0 Å². The first-order valence-electron chi connectivity index (χ1n) is 7.51. The van der Waals surface area contributed by atoms with Crippen LogP contribution in [0.25, 0.3) is 0 Å². The lowest BCUT2D eigenvalue weighted by Crippen LogP contribution is -2.47. The molecule has 6 heteroatoms. The molecule has 3 rings (SSSR count). The Balaban J connectivity index is 0.00000176. The van der Waals surface area contributed by atoms with Crippen LogP contribution in [0.1, 0.15) is 18.4 Å². The molecule has 1 amide bonds. The van der Waals surface area contributed by atoms with Crippen LogP contribution in [0, 0.1) is 5.92 Å². The minimum Gasteiger partial charge on any atom is -0.497 e. The standard InChI is InChI=1S/C16H22N2O3.ClH/c1-20-14-2-3-15-11(9-14)8-12(10-21-15)16(19)18-6-4-13(17)5-7-18;/h2-3,9,12-13H,4-8,10,17H2,1H3;1H. The highest BCUT2D eigenvalue weighted by atomic mass is 35.5. The molecular formula is C16H23ClN2O3. The second-order valence-corrected chi connectivity index (χ2v) is 5.85. The number of methoxy groups -OCH3 is 1. The summed E-state index contributed by atoms with van der Waals surface area (Å²) in [6.45, 7) is 1.99. The van der Waals surface area contributed by atoms with Gasteiger partial charge in [0.05, 0.1) is 13.0 Å². The van der Waals surface area contributed by atoms with E-state index in [1.54, 1.807) is 7.11 Å². The number of ether oxygens (including phenoxy) is 2. The second-order valence-electron chi connectivity index (χ2n) is 5.85. The molecule has 1 saturated heterocycles. The maximum Gasteiger partial charge on any atom is 0.229 e. The zero-order valence-corrected chi connectivity index (χ0v) is 13.6. The van der Waals surface area contributed by atoms with Gasteiger partial charge in [-0.15, -0.1) is 12.4 Å². The summed E-state index contributed by atoms with van der Waals surface area (Å²) < 4.78 is 11.0. The first-order valence-corrected chi connectivity index (χ1v) is 7.51. The van der Waals surface area contributed by atoms with E-state index in [2.05, 4.69) is 0 Å². The van der Waals surface area contributed by atoms with Crippen molar-refractivity contribution in [3.8, 4) is 11.5 Å². The molecular weight excluding hydrogens is 304 g/mol. The molecule has 0 aromatic heterocycles. The summed E-state index contributed by atoms with van der Waals surface area (Å²) in [4.78, 5) is 14.5. The molecule has 0 bridgehead atoms. The maximum absolute atomic E-state index is 12.6. The van der Waals surface area contributed by atoms with E-state index in [-0.39, 0.29) is 30.3 Å². The average Bonchev–Trinajstić information content (AvgIpc) is 2.53. The number of likely N-dealkylation sites (tertiary alicyclic amines) is 1. The normalized spacial score (nSPS) is 21.4. The lowest BCUT2D eigenvalue weighted by molar-refractivity contribution is -0.137. The quantitative estimate of drug-likeness (QED) is 0.897. The second kappa shape index (κ2) is 7.20. The monoisotopic (exact) mass is 326 g/mol. The zero-order chi connectivity index (χ0) is 14.8.